The number of rotatable bonds is 5. The van der Waals surface area contributed by atoms with Gasteiger partial charge in [0.25, 0.3) is 0 Å². The summed E-state index contributed by atoms with van der Waals surface area (Å²) in [7, 11) is -3.46. The van der Waals surface area contributed by atoms with E-state index in [-0.39, 0.29) is 22.3 Å². The minimum atomic E-state index is -3.46. The highest BCUT2D eigenvalue weighted by Gasteiger charge is 2.32. The lowest BCUT2D eigenvalue weighted by molar-refractivity contribution is 0.0991. The molecule has 0 bridgehead atoms. The fraction of sp³-hybridized carbons (Fsp3) is 0.533. The first kappa shape index (κ1) is 16.8. The third-order valence-corrected chi connectivity index (χ3v) is 6.82. The predicted molar refractivity (Wildman–Crippen MR) is 86.0 cm³/mol. The SMILES string of the molecule is CC(C(=O)c1ccc(Cl)cc1Cl)S(=O)(=O)CC1CCCC1. The number of halogens is 2. The van der Waals surface area contributed by atoms with Gasteiger partial charge in [-0.3, -0.25) is 4.79 Å². The van der Waals surface area contributed by atoms with Crippen molar-refractivity contribution in [3.63, 3.8) is 0 Å². The van der Waals surface area contributed by atoms with Gasteiger partial charge in [-0.15, -0.1) is 0 Å². The highest BCUT2D eigenvalue weighted by atomic mass is 35.5. The van der Waals surface area contributed by atoms with E-state index in [2.05, 4.69) is 0 Å². The van der Waals surface area contributed by atoms with Crippen LogP contribution in [0.2, 0.25) is 10.0 Å². The molecule has 2 rings (SSSR count). The summed E-state index contributed by atoms with van der Waals surface area (Å²) in [6, 6.07) is 4.47. The summed E-state index contributed by atoms with van der Waals surface area (Å²) in [5.41, 5.74) is 0.212. The van der Waals surface area contributed by atoms with Crippen LogP contribution in [-0.4, -0.2) is 25.2 Å². The summed E-state index contributed by atoms with van der Waals surface area (Å²) in [5, 5.41) is -0.467. The molecule has 0 saturated heterocycles. The van der Waals surface area contributed by atoms with Gasteiger partial charge in [0.05, 0.1) is 10.8 Å². The number of Topliss-reactive ketones (excluding diaryl/α,β-unsaturated/α-hetero) is 1. The predicted octanol–water partition coefficient (Wildman–Crippen LogP) is 4.17. The van der Waals surface area contributed by atoms with Crippen LogP contribution in [0.5, 0.6) is 0 Å². The van der Waals surface area contributed by atoms with Crippen molar-refractivity contribution in [1.82, 2.24) is 0 Å². The lowest BCUT2D eigenvalue weighted by atomic mass is 10.1. The van der Waals surface area contributed by atoms with Crippen LogP contribution < -0.4 is 0 Å². The molecule has 1 saturated carbocycles. The Balaban J connectivity index is 2.17. The zero-order valence-corrected chi connectivity index (χ0v) is 14.1. The van der Waals surface area contributed by atoms with Crippen molar-refractivity contribution < 1.29 is 13.2 Å². The monoisotopic (exact) mass is 348 g/mol. The van der Waals surface area contributed by atoms with E-state index in [1.54, 1.807) is 0 Å². The second-order valence-corrected chi connectivity index (χ2v) is 8.82. The quantitative estimate of drug-likeness (QED) is 0.750. The van der Waals surface area contributed by atoms with Gasteiger partial charge in [-0.2, -0.15) is 0 Å². The normalized spacial score (nSPS) is 17.9. The summed E-state index contributed by atoms with van der Waals surface area (Å²) < 4.78 is 24.8. The highest BCUT2D eigenvalue weighted by molar-refractivity contribution is 7.92. The molecule has 21 heavy (non-hydrogen) atoms. The van der Waals surface area contributed by atoms with Crippen LogP contribution in [0.1, 0.15) is 43.0 Å². The summed E-state index contributed by atoms with van der Waals surface area (Å²) >= 11 is 11.8. The number of carbonyl (C=O) groups is 1. The van der Waals surface area contributed by atoms with Gasteiger partial charge in [-0.25, -0.2) is 8.42 Å². The first-order valence-electron chi connectivity index (χ1n) is 7.02. The minimum absolute atomic E-state index is 0.0884. The lowest BCUT2D eigenvalue weighted by Gasteiger charge is -2.16. The Morgan fingerprint density at radius 3 is 2.48 bits per heavy atom. The van der Waals surface area contributed by atoms with E-state index in [0.29, 0.717) is 5.02 Å². The third-order valence-electron chi connectivity index (χ3n) is 4.05. The Hall–Kier alpha value is -0.580. The van der Waals surface area contributed by atoms with E-state index >= 15 is 0 Å². The fourth-order valence-corrected chi connectivity index (χ4v) is 4.96. The second-order valence-electron chi connectivity index (χ2n) is 5.61. The van der Waals surface area contributed by atoms with Crippen molar-refractivity contribution in [3.8, 4) is 0 Å². The van der Waals surface area contributed by atoms with Gasteiger partial charge in [0.15, 0.2) is 15.6 Å². The van der Waals surface area contributed by atoms with E-state index in [9.17, 15) is 13.2 Å². The molecule has 0 N–H and O–H groups in total. The molecular formula is C15H18Cl2O3S. The number of hydrogen-bond acceptors (Lipinski definition) is 3. The molecule has 1 aromatic carbocycles. The van der Waals surface area contributed by atoms with Crippen LogP contribution in [-0.2, 0) is 9.84 Å². The fourth-order valence-electron chi connectivity index (χ4n) is 2.72. The van der Waals surface area contributed by atoms with Crippen molar-refractivity contribution in [3.05, 3.63) is 33.8 Å². The average molecular weight is 349 g/mol. The molecule has 1 fully saturated rings. The van der Waals surface area contributed by atoms with Crippen molar-refractivity contribution in [2.45, 2.75) is 37.9 Å². The molecule has 0 spiro atoms. The summed E-state index contributed by atoms with van der Waals surface area (Å²) in [6.07, 6.45) is 4.01. The number of sulfone groups is 1. The Morgan fingerprint density at radius 2 is 1.90 bits per heavy atom. The van der Waals surface area contributed by atoms with Gasteiger partial charge in [0, 0.05) is 10.6 Å². The molecular weight excluding hydrogens is 331 g/mol. The second kappa shape index (κ2) is 6.67. The smallest absolute Gasteiger partial charge is 0.182 e. The molecule has 1 atom stereocenters. The van der Waals surface area contributed by atoms with E-state index in [4.69, 9.17) is 23.2 Å². The number of carbonyl (C=O) groups excluding carboxylic acids is 1. The van der Waals surface area contributed by atoms with Crippen molar-refractivity contribution in [2.75, 3.05) is 5.75 Å². The summed E-state index contributed by atoms with van der Waals surface area (Å²) in [6.45, 7) is 1.44. The maximum atomic E-state index is 12.4. The van der Waals surface area contributed by atoms with Crippen LogP contribution in [0.25, 0.3) is 0 Å². The van der Waals surface area contributed by atoms with E-state index in [1.807, 2.05) is 0 Å². The minimum Gasteiger partial charge on any atom is -0.293 e. The van der Waals surface area contributed by atoms with Crippen molar-refractivity contribution in [1.29, 1.82) is 0 Å². The first-order valence-corrected chi connectivity index (χ1v) is 9.49. The third kappa shape index (κ3) is 3.99. The maximum Gasteiger partial charge on any atom is 0.182 e. The molecule has 6 heteroatoms. The largest absolute Gasteiger partial charge is 0.293 e. The molecule has 1 aromatic rings. The zero-order chi connectivity index (χ0) is 15.6. The molecule has 1 unspecified atom stereocenters. The average Bonchev–Trinajstić information content (AvgIpc) is 2.89. The van der Waals surface area contributed by atoms with Crippen LogP contribution in [0.4, 0.5) is 0 Å². The van der Waals surface area contributed by atoms with Crippen LogP contribution >= 0.6 is 23.2 Å². The van der Waals surface area contributed by atoms with E-state index in [0.717, 1.165) is 25.7 Å². The van der Waals surface area contributed by atoms with Gasteiger partial charge in [0.1, 0.15) is 5.25 Å². The van der Waals surface area contributed by atoms with Gasteiger partial charge < -0.3 is 0 Å². The number of ketones is 1. The topological polar surface area (TPSA) is 51.2 Å². The summed E-state index contributed by atoms with van der Waals surface area (Å²) in [4.78, 5) is 12.4. The van der Waals surface area contributed by atoms with Crippen molar-refractivity contribution >= 4 is 38.8 Å². The molecule has 0 aromatic heterocycles. The van der Waals surface area contributed by atoms with Crippen LogP contribution in [0.3, 0.4) is 0 Å². The van der Waals surface area contributed by atoms with Crippen LogP contribution in [0, 0.1) is 5.92 Å². The van der Waals surface area contributed by atoms with Crippen molar-refractivity contribution in [2.24, 2.45) is 5.92 Å². The van der Waals surface area contributed by atoms with E-state index < -0.39 is 20.9 Å². The Morgan fingerprint density at radius 1 is 1.29 bits per heavy atom. The molecule has 0 aliphatic heterocycles. The number of benzene rings is 1. The molecule has 3 nitrogen and oxygen atoms in total. The summed E-state index contributed by atoms with van der Waals surface area (Å²) in [5.74, 6) is -0.189. The van der Waals surface area contributed by atoms with E-state index in [1.165, 1.54) is 25.1 Å². The Bertz CT molecular complexity index is 634. The zero-order valence-electron chi connectivity index (χ0n) is 11.8. The molecule has 0 radical (unpaired) electrons. The van der Waals surface area contributed by atoms with Gasteiger partial charge in [-0.1, -0.05) is 36.0 Å². The lowest BCUT2D eigenvalue weighted by Crippen LogP contribution is -2.31. The van der Waals surface area contributed by atoms with Gasteiger partial charge >= 0.3 is 0 Å². The molecule has 1 aliphatic rings. The van der Waals surface area contributed by atoms with Gasteiger partial charge in [-0.05, 0) is 43.9 Å². The van der Waals surface area contributed by atoms with Gasteiger partial charge in [0.2, 0.25) is 0 Å². The molecule has 116 valence electrons. The first-order chi connectivity index (χ1) is 9.81. The highest BCUT2D eigenvalue weighted by Crippen LogP contribution is 2.28. The molecule has 1 aliphatic carbocycles. The molecule has 0 amide bonds. The Labute approximate surface area is 135 Å². The maximum absolute atomic E-state index is 12.4. The standard InChI is InChI=1S/C15H18Cl2O3S/c1-10(21(19,20)9-11-4-2-3-5-11)15(18)13-7-6-12(16)8-14(13)17/h6-8,10-11H,2-5,9H2,1H3. The number of hydrogen-bond donors (Lipinski definition) is 0. The molecule has 0 heterocycles. The Kier molecular flexibility index (Phi) is 5.33. The van der Waals surface area contributed by atoms with Crippen LogP contribution in [0.15, 0.2) is 18.2 Å².